The molecule has 0 saturated carbocycles. The summed E-state index contributed by atoms with van der Waals surface area (Å²) in [7, 11) is 3.49. The van der Waals surface area contributed by atoms with Crippen molar-refractivity contribution in [3.8, 4) is 5.88 Å². The Morgan fingerprint density at radius 2 is 2.05 bits per heavy atom. The third kappa shape index (κ3) is 2.80. The number of aromatic nitrogens is 1. The highest BCUT2D eigenvalue weighted by Gasteiger charge is 2.07. The molecular weight excluding hydrogens is 256 g/mol. The fraction of sp³-hybridized carbons (Fsp3) is 0.143. The topological polar surface area (TPSA) is 84.0 Å². The Balaban J connectivity index is 2.35. The van der Waals surface area contributed by atoms with Crippen molar-refractivity contribution < 1.29 is 9.94 Å². The van der Waals surface area contributed by atoms with Gasteiger partial charge in [0.25, 0.3) is 0 Å². The lowest BCUT2D eigenvalue weighted by atomic mass is 10.1. The summed E-state index contributed by atoms with van der Waals surface area (Å²) in [5.41, 5.74) is 8.08. The second-order valence-electron chi connectivity index (χ2n) is 4.15. The van der Waals surface area contributed by atoms with E-state index in [1.54, 1.807) is 19.4 Å². The molecule has 0 amide bonds. The fourth-order valence-electron chi connectivity index (χ4n) is 1.80. The fourth-order valence-corrected chi connectivity index (χ4v) is 1.80. The Kier molecular flexibility index (Phi) is 4.05. The van der Waals surface area contributed by atoms with Crippen molar-refractivity contribution in [1.82, 2.24) is 4.98 Å². The summed E-state index contributed by atoms with van der Waals surface area (Å²) in [5.74, 6) is 0.620. The van der Waals surface area contributed by atoms with Crippen molar-refractivity contribution >= 4 is 17.2 Å². The minimum Gasteiger partial charge on any atom is -0.481 e. The van der Waals surface area contributed by atoms with Gasteiger partial charge < -0.3 is 20.6 Å². The van der Waals surface area contributed by atoms with Gasteiger partial charge in [-0.25, -0.2) is 4.98 Å². The quantitative estimate of drug-likeness (QED) is 0.384. The number of ether oxygens (including phenoxy) is 1. The number of hydrogen-bond acceptors (Lipinski definition) is 5. The highest BCUT2D eigenvalue weighted by Crippen LogP contribution is 2.26. The molecule has 6 nitrogen and oxygen atoms in total. The van der Waals surface area contributed by atoms with E-state index in [1.807, 2.05) is 42.3 Å². The number of hydrogen-bond donors (Lipinski definition) is 2. The molecule has 2 rings (SSSR count). The molecule has 20 heavy (non-hydrogen) atoms. The van der Waals surface area contributed by atoms with Crippen LogP contribution >= 0.6 is 0 Å². The summed E-state index contributed by atoms with van der Waals surface area (Å²) in [5, 5.41) is 11.7. The Morgan fingerprint density at radius 1 is 1.30 bits per heavy atom. The average molecular weight is 272 g/mol. The van der Waals surface area contributed by atoms with E-state index in [9.17, 15) is 0 Å². The number of anilines is 2. The molecule has 104 valence electrons. The maximum Gasteiger partial charge on any atom is 0.214 e. The lowest BCUT2D eigenvalue weighted by Crippen LogP contribution is -2.15. The second kappa shape index (κ2) is 5.92. The zero-order valence-electron chi connectivity index (χ0n) is 11.3. The van der Waals surface area contributed by atoms with Crippen LogP contribution in [0.25, 0.3) is 0 Å². The summed E-state index contributed by atoms with van der Waals surface area (Å²) < 4.78 is 5.11. The van der Waals surface area contributed by atoms with E-state index < -0.39 is 0 Å². The normalized spacial score (nSPS) is 11.2. The van der Waals surface area contributed by atoms with Gasteiger partial charge in [-0.1, -0.05) is 17.3 Å². The molecule has 0 bridgehead atoms. The Hall–Kier alpha value is -2.76. The second-order valence-corrected chi connectivity index (χ2v) is 4.15. The molecule has 0 spiro atoms. The maximum atomic E-state index is 8.73. The van der Waals surface area contributed by atoms with Crippen LogP contribution < -0.4 is 15.4 Å². The molecular formula is C14H16N4O2. The van der Waals surface area contributed by atoms with Crippen LogP contribution in [0.1, 0.15) is 5.56 Å². The van der Waals surface area contributed by atoms with Gasteiger partial charge in [-0.15, -0.1) is 0 Å². The van der Waals surface area contributed by atoms with Gasteiger partial charge >= 0.3 is 0 Å². The first-order valence-electron chi connectivity index (χ1n) is 5.97. The first-order chi connectivity index (χ1) is 9.65. The number of methoxy groups -OCH3 is 1. The number of rotatable bonds is 4. The molecule has 0 saturated heterocycles. The van der Waals surface area contributed by atoms with Crippen molar-refractivity contribution in [1.29, 1.82) is 0 Å². The number of oxime groups is 1. The van der Waals surface area contributed by atoms with Crippen LogP contribution in [0.3, 0.4) is 0 Å². The lowest BCUT2D eigenvalue weighted by Gasteiger charge is -2.20. The van der Waals surface area contributed by atoms with Gasteiger partial charge in [0.1, 0.15) is 0 Å². The van der Waals surface area contributed by atoms with Crippen molar-refractivity contribution in [3.05, 3.63) is 48.2 Å². The molecule has 0 aliphatic carbocycles. The standard InChI is InChI=1S/C14H16N4O2/c1-18(12-6-7-16-13(9-12)20-2)11-5-3-4-10(8-11)14(15)17-19/h3-9,19H,1-2H3,(H2,15,17). The molecule has 1 heterocycles. The van der Waals surface area contributed by atoms with Gasteiger partial charge in [0.2, 0.25) is 5.88 Å². The third-order valence-electron chi connectivity index (χ3n) is 2.95. The summed E-state index contributed by atoms with van der Waals surface area (Å²) >= 11 is 0. The lowest BCUT2D eigenvalue weighted by molar-refractivity contribution is 0.318. The third-order valence-corrected chi connectivity index (χ3v) is 2.95. The van der Waals surface area contributed by atoms with Gasteiger partial charge in [-0.2, -0.15) is 0 Å². The molecule has 0 atom stereocenters. The SMILES string of the molecule is COc1cc(N(C)c2cccc(/C(N)=N/O)c2)ccn1. The number of pyridine rings is 1. The van der Waals surface area contributed by atoms with E-state index in [0.29, 0.717) is 11.4 Å². The molecule has 0 fully saturated rings. The minimum absolute atomic E-state index is 0.0764. The summed E-state index contributed by atoms with van der Waals surface area (Å²) in [4.78, 5) is 6.03. The largest absolute Gasteiger partial charge is 0.481 e. The molecule has 6 heteroatoms. The number of nitrogens with zero attached hydrogens (tertiary/aromatic N) is 3. The van der Waals surface area contributed by atoms with Crippen LogP contribution in [0.4, 0.5) is 11.4 Å². The number of amidine groups is 1. The number of nitrogens with two attached hydrogens (primary N) is 1. The van der Waals surface area contributed by atoms with Crippen LogP contribution in [0.5, 0.6) is 5.88 Å². The summed E-state index contributed by atoms with van der Waals surface area (Å²) in [6.07, 6.45) is 1.68. The summed E-state index contributed by atoms with van der Waals surface area (Å²) in [6.45, 7) is 0. The van der Waals surface area contributed by atoms with Gasteiger partial charge in [0, 0.05) is 36.2 Å². The molecule has 0 aliphatic rings. The van der Waals surface area contributed by atoms with E-state index >= 15 is 0 Å². The van der Waals surface area contributed by atoms with Gasteiger partial charge in [0.15, 0.2) is 5.84 Å². The van der Waals surface area contributed by atoms with Crippen molar-refractivity contribution in [3.63, 3.8) is 0 Å². The van der Waals surface area contributed by atoms with Crippen LogP contribution in [0.2, 0.25) is 0 Å². The van der Waals surface area contributed by atoms with Crippen LogP contribution in [-0.4, -0.2) is 30.2 Å². The predicted molar refractivity (Wildman–Crippen MR) is 77.8 cm³/mol. The Morgan fingerprint density at radius 3 is 2.75 bits per heavy atom. The molecule has 0 aliphatic heterocycles. The first-order valence-corrected chi connectivity index (χ1v) is 5.97. The van der Waals surface area contributed by atoms with Crippen LogP contribution in [-0.2, 0) is 0 Å². The number of benzene rings is 1. The molecule has 2 aromatic rings. The minimum atomic E-state index is 0.0764. The van der Waals surface area contributed by atoms with Gasteiger partial charge in [-0.05, 0) is 18.2 Å². The maximum absolute atomic E-state index is 8.73. The van der Waals surface area contributed by atoms with Crippen molar-refractivity contribution in [2.45, 2.75) is 0 Å². The van der Waals surface area contributed by atoms with E-state index in [4.69, 9.17) is 15.7 Å². The van der Waals surface area contributed by atoms with Crippen LogP contribution in [0, 0.1) is 0 Å². The smallest absolute Gasteiger partial charge is 0.214 e. The monoisotopic (exact) mass is 272 g/mol. The average Bonchev–Trinajstić information content (AvgIpc) is 2.53. The Bertz CT molecular complexity index is 628. The highest BCUT2D eigenvalue weighted by atomic mass is 16.5. The zero-order chi connectivity index (χ0) is 14.5. The van der Waals surface area contributed by atoms with Gasteiger partial charge in [0.05, 0.1) is 7.11 Å². The molecule has 1 aromatic heterocycles. The molecule has 0 radical (unpaired) electrons. The highest BCUT2D eigenvalue weighted by molar-refractivity contribution is 5.98. The molecule has 1 aromatic carbocycles. The van der Waals surface area contributed by atoms with Crippen molar-refractivity contribution in [2.24, 2.45) is 10.9 Å². The predicted octanol–water partition coefficient (Wildman–Crippen LogP) is 1.95. The zero-order valence-corrected chi connectivity index (χ0v) is 11.3. The van der Waals surface area contributed by atoms with E-state index in [-0.39, 0.29) is 5.84 Å². The van der Waals surface area contributed by atoms with E-state index in [2.05, 4.69) is 10.1 Å². The van der Waals surface area contributed by atoms with Crippen LogP contribution in [0.15, 0.2) is 47.8 Å². The van der Waals surface area contributed by atoms with Crippen molar-refractivity contribution in [2.75, 3.05) is 19.1 Å². The van der Waals surface area contributed by atoms with E-state index in [1.165, 1.54) is 0 Å². The summed E-state index contributed by atoms with van der Waals surface area (Å²) in [6, 6.07) is 11.1. The van der Waals surface area contributed by atoms with E-state index in [0.717, 1.165) is 11.4 Å². The first kappa shape index (κ1) is 13.7. The molecule has 0 unspecified atom stereocenters. The van der Waals surface area contributed by atoms with Gasteiger partial charge in [-0.3, -0.25) is 0 Å². The Labute approximate surface area is 117 Å². The molecule has 3 N–H and O–H groups in total.